The molecule has 9 aromatic rings. The van der Waals surface area contributed by atoms with E-state index in [1.165, 1.54) is 86.9 Å². The Hall–Kier alpha value is -3.72. The highest BCUT2D eigenvalue weighted by Gasteiger charge is 2.21. The van der Waals surface area contributed by atoms with Crippen LogP contribution in [0.1, 0.15) is 0 Å². The van der Waals surface area contributed by atoms with E-state index in [1.54, 1.807) is 0 Å². The summed E-state index contributed by atoms with van der Waals surface area (Å²) in [6.45, 7) is 0. The summed E-state index contributed by atoms with van der Waals surface area (Å²) >= 11 is 7.32. The van der Waals surface area contributed by atoms with Gasteiger partial charge in [0.2, 0.25) is 0 Å². The number of benzene rings is 9. The minimum absolute atomic E-state index is 1.07. The van der Waals surface area contributed by atoms with Crippen molar-refractivity contribution < 1.29 is 0 Å². The zero-order valence-corrected chi connectivity index (χ0v) is 23.3. The number of hydrogen-bond donors (Lipinski definition) is 0. The molecular formula is C36H18Br2. The summed E-state index contributed by atoms with van der Waals surface area (Å²) in [4.78, 5) is 0. The summed E-state index contributed by atoms with van der Waals surface area (Å²) in [5, 5.41) is 16.3. The van der Waals surface area contributed by atoms with Crippen molar-refractivity contribution in [3.8, 4) is 22.3 Å². The van der Waals surface area contributed by atoms with Crippen LogP contribution in [0.25, 0.3) is 86.9 Å². The molecule has 0 fully saturated rings. The van der Waals surface area contributed by atoms with E-state index < -0.39 is 0 Å². The van der Waals surface area contributed by atoms with Gasteiger partial charge in [-0.2, -0.15) is 0 Å². The molecule has 0 bridgehead atoms. The zero-order valence-electron chi connectivity index (χ0n) is 20.1. The smallest absolute Gasteiger partial charge is 0.0192 e. The van der Waals surface area contributed by atoms with E-state index in [2.05, 4.69) is 141 Å². The van der Waals surface area contributed by atoms with Crippen molar-refractivity contribution in [3.05, 3.63) is 118 Å². The lowest BCUT2D eigenvalue weighted by Crippen LogP contribution is -1.94. The molecule has 0 saturated heterocycles. The van der Waals surface area contributed by atoms with Crippen LogP contribution in [-0.2, 0) is 0 Å². The first-order valence-electron chi connectivity index (χ1n) is 12.8. The van der Waals surface area contributed by atoms with Crippen molar-refractivity contribution in [1.82, 2.24) is 0 Å². The molecule has 2 heteroatoms. The molecule has 0 saturated carbocycles. The molecule has 0 spiro atoms. The van der Waals surface area contributed by atoms with Gasteiger partial charge in [-0.1, -0.05) is 111 Å². The molecule has 0 aliphatic rings. The molecule has 9 rings (SSSR count). The summed E-state index contributed by atoms with van der Waals surface area (Å²) in [5.74, 6) is 0. The maximum atomic E-state index is 3.66. The lowest BCUT2D eigenvalue weighted by Gasteiger charge is -2.22. The van der Waals surface area contributed by atoms with E-state index in [4.69, 9.17) is 0 Å². The highest BCUT2D eigenvalue weighted by atomic mass is 79.9. The molecule has 0 heterocycles. The molecular weight excluding hydrogens is 592 g/mol. The molecule has 9 aromatic carbocycles. The van der Waals surface area contributed by atoms with Crippen LogP contribution in [0.2, 0.25) is 0 Å². The summed E-state index contributed by atoms with van der Waals surface area (Å²) in [6, 6.07) is 40.8. The van der Waals surface area contributed by atoms with E-state index in [9.17, 15) is 0 Å². The Kier molecular flexibility index (Phi) is 4.16. The molecule has 0 atom stereocenters. The lowest BCUT2D eigenvalue weighted by molar-refractivity contribution is 1.56. The SMILES string of the molecule is Brc1cc(Br)cc(-c2cccc(-c3cc4ccc5ccc6ccc7ccc8ccc3c3c8c7c6c5c43)c2)c1. The van der Waals surface area contributed by atoms with Gasteiger partial charge in [-0.3, -0.25) is 0 Å². The van der Waals surface area contributed by atoms with Crippen LogP contribution in [0.15, 0.2) is 118 Å². The summed E-state index contributed by atoms with van der Waals surface area (Å²) in [7, 11) is 0. The first-order chi connectivity index (χ1) is 18.6. The van der Waals surface area contributed by atoms with E-state index in [0.717, 1.165) is 8.95 Å². The molecule has 0 radical (unpaired) electrons. The summed E-state index contributed by atoms with van der Waals surface area (Å²) < 4.78 is 2.14. The maximum absolute atomic E-state index is 3.66. The Morgan fingerprint density at radius 2 is 0.816 bits per heavy atom. The van der Waals surface area contributed by atoms with E-state index >= 15 is 0 Å². The van der Waals surface area contributed by atoms with Crippen molar-refractivity contribution in [2.45, 2.75) is 0 Å². The van der Waals surface area contributed by atoms with Gasteiger partial charge in [0.1, 0.15) is 0 Å². The maximum Gasteiger partial charge on any atom is 0.0192 e. The van der Waals surface area contributed by atoms with Crippen molar-refractivity contribution >= 4 is 96.5 Å². The highest BCUT2D eigenvalue weighted by molar-refractivity contribution is 9.11. The van der Waals surface area contributed by atoms with E-state index in [0.29, 0.717) is 0 Å². The van der Waals surface area contributed by atoms with E-state index in [1.807, 2.05) is 0 Å². The van der Waals surface area contributed by atoms with Crippen molar-refractivity contribution in [2.75, 3.05) is 0 Å². The van der Waals surface area contributed by atoms with Crippen molar-refractivity contribution in [2.24, 2.45) is 0 Å². The molecule has 0 aromatic heterocycles. The Balaban J connectivity index is 1.45. The molecule has 0 aliphatic carbocycles. The minimum atomic E-state index is 1.07. The van der Waals surface area contributed by atoms with Gasteiger partial charge in [0.05, 0.1) is 0 Å². The fourth-order valence-electron chi connectivity index (χ4n) is 6.81. The van der Waals surface area contributed by atoms with Gasteiger partial charge in [0.25, 0.3) is 0 Å². The molecule has 38 heavy (non-hydrogen) atoms. The van der Waals surface area contributed by atoms with E-state index in [-0.39, 0.29) is 0 Å². The predicted octanol–water partition coefficient (Wildman–Crippen LogP) is 11.8. The van der Waals surface area contributed by atoms with Crippen LogP contribution in [0.3, 0.4) is 0 Å². The molecule has 0 N–H and O–H groups in total. The van der Waals surface area contributed by atoms with Gasteiger partial charge in [0.15, 0.2) is 0 Å². The second-order valence-electron chi connectivity index (χ2n) is 10.4. The van der Waals surface area contributed by atoms with Crippen LogP contribution < -0.4 is 0 Å². The van der Waals surface area contributed by atoms with Crippen molar-refractivity contribution in [3.63, 3.8) is 0 Å². The molecule has 0 unspecified atom stereocenters. The topological polar surface area (TPSA) is 0 Å². The Morgan fingerprint density at radius 1 is 0.342 bits per heavy atom. The predicted molar refractivity (Wildman–Crippen MR) is 171 cm³/mol. The second kappa shape index (κ2) is 7.44. The molecule has 0 nitrogen and oxygen atoms in total. The van der Waals surface area contributed by atoms with Crippen LogP contribution in [0.5, 0.6) is 0 Å². The third-order valence-electron chi connectivity index (χ3n) is 8.37. The van der Waals surface area contributed by atoms with Crippen LogP contribution >= 0.6 is 31.9 Å². The third-order valence-corrected chi connectivity index (χ3v) is 9.29. The van der Waals surface area contributed by atoms with Gasteiger partial charge >= 0.3 is 0 Å². The molecule has 0 amide bonds. The number of halogens is 2. The number of rotatable bonds is 2. The normalized spacial score (nSPS) is 12.5. The molecule has 0 aliphatic heterocycles. The Bertz CT molecular complexity index is 2280. The quantitative estimate of drug-likeness (QED) is 0.135. The van der Waals surface area contributed by atoms with Gasteiger partial charge in [-0.15, -0.1) is 0 Å². The minimum Gasteiger partial charge on any atom is -0.0610 e. The third kappa shape index (κ3) is 2.74. The fourth-order valence-corrected chi connectivity index (χ4v) is 8.11. The first kappa shape index (κ1) is 21.2. The van der Waals surface area contributed by atoms with Gasteiger partial charge in [-0.05, 0) is 117 Å². The average molecular weight is 610 g/mol. The monoisotopic (exact) mass is 608 g/mol. The number of hydrogen-bond acceptors (Lipinski definition) is 0. The zero-order chi connectivity index (χ0) is 25.1. The average Bonchev–Trinajstić information content (AvgIpc) is 2.95. The van der Waals surface area contributed by atoms with Crippen LogP contribution in [-0.4, -0.2) is 0 Å². The second-order valence-corrected chi connectivity index (χ2v) is 12.2. The highest BCUT2D eigenvalue weighted by Crippen LogP contribution is 2.50. The lowest BCUT2D eigenvalue weighted by atomic mass is 9.81. The van der Waals surface area contributed by atoms with Gasteiger partial charge < -0.3 is 0 Å². The van der Waals surface area contributed by atoms with Gasteiger partial charge in [-0.25, -0.2) is 0 Å². The van der Waals surface area contributed by atoms with Crippen LogP contribution in [0.4, 0.5) is 0 Å². The molecule has 176 valence electrons. The summed E-state index contributed by atoms with van der Waals surface area (Å²) in [6.07, 6.45) is 0. The first-order valence-corrected chi connectivity index (χ1v) is 14.4. The standard InChI is InChI=1S/C36H18Br2/c37-27-15-26(16-28(38)18-27)23-2-1-3-24(14-23)30-17-25-11-10-21-7-5-19-4-6-20-8-9-22-12-13-29(30)36-34(22)32(20)31(19)33(21)35(25)36/h1-18H. The van der Waals surface area contributed by atoms with Crippen LogP contribution in [0, 0.1) is 0 Å². The largest absolute Gasteiger partial charge is 0.0610 e. The fraction of sp³-hybridized carbons (Fsp3) is 0. The van der Waals surface area contributed by atoms with Crippen molar-refractivity contribution in [1.29, 1.82) is 0 Å². The van der Waals surface area contributed by atoms with Gasteiger partial charge in [0, 0.05) is 8.95 Å². The Morgan fingerprint density at radius 3 is 1.42 bits per heavy atom. The Labute approximate surface area is 235 Å². The summed E-state index contributed by atoms with van der Waals surface area (Å²) in [5.41, 5.74) is 4.92.